The van der Waals surface area contributed by atoms with Crippen LogP contribution >= 0.6 is 23.2 Å². The first-order valence-corrected chi connectivity index (χ1v) is 23.4. The molecule has 2 fully saturated rings. The van der Waals surface area contributed by atoms with E-state index in [0.29, 0.717) is 78.8 Å². The molecule has 4 aromatic heterocycles. The molecule has 6 heterocycles. The molecule has 3 N–H and O–H groups in total. The molecule has 21 heteroatoms. The Kier molecular flexibility index (Phi) is 12.8. The number of benzene rings is 4. The van der Waals surface area contributed by atoms with Crippen molar-refractivity contribution in [3.05, 3.63) is 125 Å². The van der Waals surface area contributed by atoms with Crippen molar-refractivity contribution in [3.63, 3.8) is 0 Å². The molecule has 1 amide bonds. The van der Waals surface area contributed by atoms with Gasteiger partial charge in [-0.3, -0.25) is 14.8 Å². The highest BCUT2D eigenvalue weighted by molar-refractivity contribution is 6.35. The number of aliphatic hydroxyl groups is 1. The lowest BCUT2D eigenvalue weighted by atomic mass is 9.95. The van der Waals surface area contributed by atoms with Gasteiger partial charge in [0.15, 0.2) is 11.6 Å². The molecular weight excluding hydrogens is 961 g/mol. The van der Waals surface area contributed by atoms with E-state index in [9.17, 15) is 19.4 Å². The molecule has 10 rings (SSSR count). The van der Waals surface area contributed by atoms with E-state index in [0.717, 1.165) is 17.1 Å². The monoisotopic (exact) mass is 1000 g/mol. The number of ether oxygens (including phenoxy) is 1. The van der Waals surface area contributed by atoms with E-state index >= 15 is 8.78 Å². The predicted molar refractivity (Wildman–Crippen MR) is 266 cm³/mol. The predicted octanol–water partition coefficient (Wildman–Crippen LogP) is 7.86. The molecule has 71 heavy (non-hydrogen) atoms. The molecule has 16 nitrogen and oxygen atoms in total. The average molecular weight is 1010 g/mol. The molecule has 0 radical (unpaired) electrons. The normalized spacial score (nSPS) is 15.0. The van der Waals surface area contributed by atoms with Gasteiger partial charge in [-0.2, -0.15) is 15.1 Å². The number of phenolic OH excluding ortho intramolecular Hbond substituents is 1. The number of nitrogens with one attached hydrogen (secondary N) is 1. The number of H-pyrrole nitrogens is 1. The number of hydrogen-bond donors (Lipinski definition) is 3. The number of carbonyl (C=O) groups excluding carboxylic acids is 1. The lowest BCUT2D eigenvalue weighted by molar-refractivity contribution is -0.125. The van der Waals surface area contributed by atoms with Gasteiger partial charge < -0.3 is 34.2 Å². The van der Waals surface area contributed by atoms with E-state index in [2.05, 4.69) is 43.3 Å². The smallest absolute Gasteiger partial charge is 0.319 e. The van der Waals surface area contributed by atoms with Crippen LogP contribution in [0, 0.1) is 24.4 Å². The van der Waals surface area contributed by atoms with Crippen molar-refractivity contribution in [3.8, 4) is 34.0 Å². The molecule has 0 aliphatic carbocycles. The number of fused-ring (bicyclic) bond motifs is 3. The number of aromatic hydroxyl groups is 1. The zero-order chi connectivity index (χ0) is 49.8. The summed E-state index contributed by atoms with van der Waals surface area (Å²) in [6, 6.07) is 10.5. The largest absolute Gasteiger partial charge is 0.507 e. The Balaban J connectivity index is 0.846. The first kappa shape index (κ1) is 47.4. The summed E-state index contributed by atoms with van der Waals surface area (Å²) in [5, 5.41) is 29.3. The van der Waals surface area contributed by atoms with Crippen LogP contribution in [-0.4, -0.2) is 131 Å². The van der Waals surface area contributed by atoms with E-state index in [4.69, 9.17) is 32.9 Å². The number of carbonyl (C=O) groups is 1. The Morgan fingerprint density at radius 3 is 2.24 bits per heavy atom. The lowest BCUT2D eigenvalue weighted by Crippen LogP contribution is -2.50. The van der Waals surface area contributed by atoms with Gasteiger partial charge in [-0.25, -0.2) is 28.1 Å². The zero-order valence-electron chi connectivity index (χ0n) is 38.4. The molecular formula is C50H45Cl2F3N12O4. The molecule has 8 aromatic rings. The number of aromatic amines is 1. The summed E-state index contributed by atoms with van der Waals surface area (Å²) >= 11 is 13.5. The summed E-state index contributed by atoms with van der Waals surface area (Å²) in [5.74, 6) is -1.76. The van der Waals surface area contributed by atoms with Crippen LogP contribution in [-0.2, 0) is 18.3 Å². The summed E-state index contributed by atoms with van der Waals surface area (Å²) in [4.78, 5) is 43.9. The molecule has 2 aliphatic heterocycles. The van der Waals surface area contributed by atoms with Gasteiger partial charge in [-0.1, -0.05) is 48.5 Å². The number of rotatable bonds is 12. The number of nitrogens with zero attached hydrogens (tertiary/aromatic N) is 11. The van der Waals surface area contributed by atoms with Crippen LogP contribution < -0.4 is 14.5 Å². The molecule has 2 saturated heterocycles. The van der Waals surface area contributed by atoms with Gasteiger partial charge in [0.05, 0.1) is 51.4 Å². The number of piperazine rings is 2. The second kappa shape index (κ2) is 19.1. The number of anilines is 2. The van der Waals surface area contributed by atoms with Gasteiger partial charge in [-0.05, 0) is 48.9 Å². The van der Waals surface area contributed by atoms with Crippen LogP contribution in [0.5, 0.6) is 11.8 Å². The number of halogens is 5. The molecule has 0 saturated carbocycles. The average Bonchev–Trinajstić information content (AvgIpc) is 4.01. The summed E-state index contributed by atoms with van der Waals surface area (Å²) in [5.41, 5.74) is 2.24. The maximum atomic E-state index is 17.1. The van der Waals surface area contributed by atoms with Crippen LogP contribution in [0.25, 0.3) is 60.5 Å². The quantitative estimate of drug-likeness (QED) is 0.0797. The first-order valence-electron chi connectivity index (χ1n) is 22.6. The summed E-state index contributed by atoms with van der Waals surface area (Å²) in [6.07, 6.45) is 5.34. The van der Waals surface area contributed by atoms with E-state index in [1.54, 1.807) is 35.0 Å². The molecule has 0 bridgehead atoms. The summed E-state index contributed by atoms with van der Waals surface area (Å²) in [7, 11) is 1.77. The van der Waals surface area contributed by atoms with Crippen molar-refractivity contribution in [2.24, 2.45) is 7.05 Å². The standard InChI is InChI=1S/C50H45Cl2F3N12O4/c1-5-38(69)64-12-14-66(15-13-64)48-29-22-31(51)40(39-26(2)9-10-34-30(39)23-59-62-34)44(55)46(29)60-50(61-48)71-20-11-37-56-24-35(63(37)4)27(3)49(70)67-18-16-65(17-19-67)47-28-21-32(52)41(43(54)45(28)57-25-58-47)42-33(53)7-6-8-36(42)68/h5-10,21-25,38,68-69H,1,3,11-20H2,2,4H3,(H,59,62). The molecule has 364 valence electrons. The van der Waals surface area contributed by atoms with Crippen molar-refractivity contribution >= 4 is 79.0 Å². The number of aliphatic hydroxyl groups excluding tert-OH is 1. The van der Waals surface area contributed by atoms with E-state index in [1.807, 2.05) is 33.8 Å². The highest BCUT2D eigenvalue weighted by Crippen LogP contribution is 2.44. The third kappa shape index (κ3) is 8.51. The zero-order valence-corrected chi connectivity index (χ0v) is 39.9. The van der Waals surface area contributed by atoms with E-state index < -0.39 is 29.4 Å². The molecule has 0 spiro atoms. The van der Waals surface area contributed by atoms with Gasteiger partial charge in [0, 0.05) is 98.7 Å². The van der Waals surface area contributed by atoms with Gasteiger partial charge in [0.2, 0.25) is 0 Å². The highest BCUT2D eigenvalue weighted by atomic mass is 35.5. The minimum atomic E-state index is -0.905. The van der Waals surface area contributed by atoms with Crippen molar-refractivity contribution in [2.75, 3.05) is 68.8 Å². The lowest BCUT2D eigenvalue weighted by Gasteiger charge is -2.37. The third-order valence-corrected chi connectivity index (χ3v) is 13.8. The van der Waals surface area contributed by atoms with Gasteiger partial charge in [-0.15, -0.1) is 0 Å². The maximum absolute atomic E-state index is 17.1. The van der Waals surface area contributed by atoms with Crippen molar-refractivity contribution in [1.29, 1.82) is 0 Å². The molecule has 1 unspecified atom stereocenters. The SMILES string of the molecule is C=CC(O)N1CCN(c2nc(OCCc3ncc(C(=C)C(=O)N4CCN(c5ncnc6c(F)c(-c7c(O)cccc7F)c(Cl)cc56)CC4)n3C)nc3c(F)c(-c4c(C)ccc5[nH]ncc45)c(Cl)cc23)CC1. The number of aromatic nitrogens is 8. The van der Waals surface area contributed by atoms with E-state index in [1.165, 1.54) is 30.6 Å². The Morgan fingerprint density at radius 1 is 0.845 bits per heavy atom. The van der Waals surface area contributed by atoms with Crippen LogP contribution in [0.4, 0.5) is 24.8 Å². The minimum absolute atomic E-state index is 0.0219. The Labute approximate surface area is 414 Å². The van der Waals surface area contributed by atoms with Crippen LogP contribution in [0.2, 0.25) is 10.0 Å². The van der Waals surface area contributed by atoms with Crippen LogP contribution in [0.15, 0.2) is 80.4 Å². The fourth-order valence-corrected chi connectivity index (χ4v) is 10.0. The Bertz CT molecular complexity index is 3430. The summed E-state index contributed by atoms with van der Waals surface area (Å²) < 4.78 is 55.9. The Hall–Kier alpha value is -7.32. The maximum Gasteiger partial charge on any atom is 0.319 e. The minimum Gasteiger partial charge on any atom is -0.507 e. The first-order chi connectivity index (χ1) is 34.2. The highest BCUT2D eigenvalue weighted by Gasteiger charge is 2.31. The molecule has 2 aliphatic rings. The third-order valence-electron chi connectivity index (χ3n) is 13.2. The molecule has 4 aromatic carbocycles. The van der Waals surface area contributed by atoms with E-state index in [-0.39, 0.29) is 86.8 Å². The summed E-state index contributed by atoms with van der Waals surface area (Å²) in [6.45, 7) is 12.9. The number of aryl methyl sites for hydroxylation is 1. The fraction of sp³-hybridized carbons (Fsp3) is 0.260. The number of hydrogen-bond acceptors (Lipinski definition) is 13. The van der Waals surface area contributed by atoms with Crippen LogP contribution in [0.3, 0.4) is 0 Å². The molecule has 1 atom stereocenters. The number of amides is 1. The van der Waals surface area contributed by atoms with Gasteiger partial charge in [0.1, 0.15) is 52.6 Å². The van der Waals surface area contributed by atoms with Crippen LogP contribution in [0.1, 0.15) is 17.1 Å². The second-order valence-corrected chi connectivity index (χ2v) is 18.1. The van der Waals surface area contributed by atoms with Gasteiger partial charge >= 0.3 is 6.01 Å². The fourth-order valence-electron chi connectivity index (χ4n) is 9.47. The second-order valence-electron chi connectivity index (χ2n) is 17.3. The van der Waals surface area contributed by atoms with Crippen molar-refractivity contribution in [1.82, 2.24) is 49.5 Å². The van der Waals surface area contributed by atoms with Crippen molar-refractivity contribution in [2.45, 2.75) is 19.6 Å². The number of imidazole rings is 1. The number of phenols is 1. The van der Waals surface area contributed by atoms with Crippen molar-refractivity contribution < 1.29 is 32.9 Å². The van der Waals surface area contributed by atoms with Gasteiger partial charge in [0.25, 0.3) is 5.91 Å². The topological polar surface area (TPSA) is 178 Å². The Morgan fingerprint density at radius 2 is 1.52 bits per heavy atom.